The fourth-order valence-electron chi connectivity index (χ4n) is 3.94. The van der Waals surface area contributed by atoms with Crippen LogP contribution in [-0.4, -0.2) is 37.8 Å². The number of amides is 1. The van der Waals surface area contributed by atoms with Gasteiger partial charge < -0.3 is 5.32 Å². The van der Waals surface area contributed by atoms with Crippen LogP contribution >= 0.6 is 0 Å². The van der Waals surface area contributed by atoms with Crippen molar-refractivity contribution in [3.8, 4) is 0 Å². The average Bonchev–Trinajstić information content (AvgIpc) is 2.74. The molecule has 1 aliphatic rings. The fourth-order valence-corrected chi connectivity index (χ4v) is 5.72. The first-order chi connectivity index (χ1) is 14.3. The second-order valence-electron chi connectivity index (χ2n) is 8.38. The lowest BCUT2D eigenvalue weighted by Crippen LogP contribution is -2.45. The van der Waals surface area contributed by atoms with E-state index in [1.165, 1.54) is 9.87 Å². The monoisotopic (exact) mass is 428 g/mol. The lowest BCUT2D eigenvalue weighted by atomic mass is 9.96. The van der Waals surface area contributed by atoms with E-state index < -0.39 is 10.0 Å². The number of sulfonamides is 1. The molecule has 1 saturated heterocycles. The molecule has 0 aromatic heterocycles. The van der Waals surface area contributed by atoms with Crippen LogP contribution in [0, 0.1) is 19.8 Å². The molecule has 1 atom stereocenters. The van der Waals surface area contributed by atoms with Crippen LogP contribution in [0.25, 0.3) is 0 Å². The van der Waals surface area contributed by atoms with Gasteiger partial charge in [0.1, 0.15) is 0 Å². The van der Waals surface area contributed by atoms with Gasteiger partial charge in [-0.2, -0.15) is 4.31 Å². The first-order valence-corrected chi connectivity index (χ1v) is 12.1. The molecule has 2 aromatic carbocycles. The molecule has 1 aliphatic heterocycles. The standard InChI is InChI=1S/C24H32N2O3S/c1-18-9-10-19(2)23(17-18)30(28,29)26-15-13-22(14-16-26)24(27)25-20(3)11-12-21-7-5-4-6-8-21/h4-10,17,20,22H,11-16H2,1-3H3,(H,25,27)/t20-/m0/s1. The van der Waals surface area contributed by atoms with E-state index in [0.29, 0.717) is 30.8 Å². The number of aryl methyl sites for hydroxylation is 3. The molecule has 3 rings (SSSR count). The molecule has 0 bridgehead atoms. The van der Waals surface area contributed by atoms with Gasteiger partial charge in [0.05, 0.1) is 4.90 Å². The van der Waals surface area contributed by atoms with E-state index in [2.05, 4.69) is 17.4 Å². The normalized spacial score (nSPS) is 16.9. The summed E-state index contributed by atoms with van der Waals surface area (Å²) < 4.78 is 27.6. The minimum absolute atomic E-state index is 0.0411. The Morgan fingerprint density at radius 2 is 1.77 bits per heavy atom. The highest BCUT2D eigenvalue weighted by Gasteiger charge is 2.33. The van der Waals surface area contributed by atoms with Crippen LogP contribution in [0.1, 0.15) is 42.9 Å². The molecule has 2 aromatic rings. The van der Waals surface area contributed by atoms with Gasteiger partial charge in [0, 0.05) is 25.0 Å². The van der Waals surface area contributed by atoms with E-state index in [9.17, 15) is 13.2 Å². The molecule has 5 nitrogen and oxygen atoms in total. The number of hydrogen-bond donors (Lipinski definition) is 1. The Labute approximate surface area is 180 Å². The van der Waals surface area contributed by atoms with Crippen molar-refractivity contribution in [2.24, 2.45) is 5.92 Å². The number of piperidine rings is 1. The first kappa shape index (κ1) is 22.5. The summed E-state index contributed by atoms with van der Waals surface area (Å²) in [5, 5.41) is 3.11. The zero-order valence-electron chi connectivity index (χ0n) is 18.1. The Bertz CT molecular complexity index is 965. The Morgan fingerprint density at radius 1 is 1.10 bits per heavy atom. The minimum Gasteiger partial charge on any atom is -0.353 e. The quantitative estimate of drug-likeness (QED) is 0.729. The van der Waals surface area contributed by atoms with E-state index in [1.54, 1.807) is 6.07 Å². The summed E-state index contributed by atoms with van der Waals surface area (Å²) in [7, 11) is -3.53. The Balaban J connectivity index is 1.52. The lowest BCUT2D eigenvalue weighted by Gasteiger charge is -2.31. The third-order valence-corrected chi connectivity index (χ3v) is 7.92. The second kappa shape index (κ2) is 9.75. The van der Waals surface area contributed by atoms with Crippen molar-refractivity contribution in [1.29, 1.82) is 0 Å². The van der Waals surface area contributed by atoms with Crippen molar-refractivity contribution in [2.45, 2.75) is 57.4 Å². The van der Waals surface area contributed by atoms with Crippen LogP contribution in [0.2, 0.25) is 0 Å². The Kier molecular flexibility index (Phi) is 7.32. The predicted octanol–water partition coefficient (Wildman–Crippen LogP) is 3.84. The molecule has 1 N–H and O–H groups in total. The predicted molar refractivity (Wildman–Crippen MR) is 120 cm³/mol. The molecule has 0 saturated carbocycles. The van der Waals surface area contributed by atoms with Crippen molar-refractivity contribution in [3.05, 3.63) is 65.2 Å². The van der Waals surface area contributed by atoms with E-state index in [1.807, 2.05) is 51.1 Å². The number of carbonyl (C=O) groups is 1. The van der Waals surface area contributed by atoms with Gasteiger partial charge in [0.25, 0.3) is 0 Å². The zero-order chi connectivity index (χ0) is 21.7. The van der Waals surface area contributed by atoms with Crippen LogP contribution in [-0.2, 0) is 21.2 Å². The zero-order valence-corrected chi connectivity index (χ0v) is 18.9. The van der Waals surface area contributed by atoms with Gasteiger partial charge in [-0.3, -0.25) is 4.79 Å². The van der Waals surface area contributed by atoms with Gasteiger partial charge in [0.2, 0.25) is 15.9 Å². The second-order valence-corrected chi connectivity index (χ2v) is 10.3. The van der Waals surface area contributed by atoms with Gasteiger partial charge in [-0.25, -0.2) is 8.42 Å². The van der Waals surface area contributed by atoms with Crippen LogP contribution in [0.15, 0.2) is 53.4 Å². The summed E-state index contributed by atoms with van der Waals surface area (Å²) in [5.41, 5.74) is 2.95. The maximum absolute atomic E-state index is 13.1. The molecule has 0 unspecified atom stereocenters. The SMILES string of the molecule is Cc1ccc(C)c(S(=O)(=O)N2CCC(C(=O)N[C@@H](C)CCc3ccccc3)CC2)c1. The van der Waals surface area contributed by atoms with Crippen molar-refractivity contribution in [2.75, 3.05) is 13.1 Å². The molecular weight excluding hydrogens is 396 g/mol. The first-order valence-electron chi connectivity index (χ1n) is 10.7. The summed E-state index contributed by atoms with van der Waals surface area (Å²) in [6.07, 6.45) is 2.92. The molecule has 1 fully saturated rings. The van der Waals surface area contributed by atoms with E-state index >= 15 is 0 Å². The summed E-state index contributed by atoms with van der Waals surface area (Å²) in [6.45, 7) is 6.51. The third kappa shape index (κ3) is 5.49. The Hall–Kier alpha value is -2.18. The van der Waals surface area contributed by atoms with Crippen LogP contribution < -0.4 is 5.32 Å². The van der Waals surface area contributed by atoms with Crippen molar-refractivity contribution in [3.63, 3.8) is 0 Å². The topological polar surface area (TPSA) is 66.5 Å². The van der Waals surface area contributed by atoms with Crippen LogP contribution in [0.5, 0.6) is 0 Å². The van der Waals surface area contributed by atoms with Crippen molar-refractivity contribution in [1.82, 2.24) is 9.62 Å². The minimum atomic E-state index is -3.53. The average molecular weight is 429 g/mol. The van der Waals surface area contributed by atoms with Gasteiger partial charge >= 0.3 is 0 Å². The number of benzene rings is 2. The van der Waals surface area contributed by atoms with E-state index in [-0.39, 0.29) is 17.9 Å². The maximum Gasteiger partial charge on any atom is 0.243 e. The molecule has 0 radical (unpaired) electrons. The number of nitrogens with one attached hydrogen (secondary N) is 1. The van der Waals surface area contributed by atoms with Crippen LogP contribution in [0.4, 0.5) is 0 Å². The van der Waals surface area contributed by atoms with E-state index in [4.69, 9.17) is 0 Å². The maximum atomic E-state index is 13.1. The molecule has 162 valence electrons. The molecule has 0 spiro atoms. The number of nitrogens with zero attached hydrogens (tertiary/aromatic N) is 1. The highest BCUT2D eigenvalue weighted by molar-refractivity contribution is 7.89. The summed E-state index contributed by atoms with van der Waals surface area (Å²) in [4.78, 5) is 13.0. The summed E-state index contributed by atoms with van der Waals surface area (Å²) in [6, 6.07) is 15.8. The van der Waals surface area contributed by atoms with Gasteiger partial charge in [-0.1, -0.05) is 42.5 Å². The van der Waals surface area contributed by atoms with Gasteiger partial charge in [0.15, 0.2) is 0 Å². The highest BCUT2D eigenvalue weighted by atomic mass is 32.2. The van der Waals surface area contributed by atoms with Gasteiger partial charge in [-0.15, -0.1) is 0 Å². The van der Waals surface area contributed by atoms with E-state index in [0.717, 1.165) is 24.0 Å². The smallest absolute Gasteiger partial charge is 0.243 e. The Morgan fingerprint density at radius 3 is 2.43 bits per heavy atom. The summed E-state index contributed by atoms with van der Waals surface area (Å²) in [5.74, 6) is -0.0893. The van der Waals surface area contributed by atoms with Crippen molar-refractivity contribution < 1.29 is 13.2 Å². The molecule has 30 heavy (non-hydrogen) atoms. The van der Waals surface area contributed by atoms with Gasteiger partial charge in [-0.05, 0) is 69.2 Å². The highest BCUT2D eigenvalue weighted by Crippen LogP contribution is 2.26. The van der Waals surface area contributed by atoms with Crippen molar-refractivity contribution >= 4 is 15.9 Å². The molecule has 0 aliphatic carbocycles. The molecule has 6 heteroatoms. The molecule has 1 amide bonds. The summed E-state index contributed by atoms with van der Waals surface area (Å²) >= 11 is 0. The molecule has 1 heterocycles. The fraction of sp³-hybridized carbons (Fsp3) is 0.458. The third-order valence-electron chi connectivity index (χ3n) is 5.88. The number of carbonyl (C=O) groups excluding carboxylic acids is 1. The number of hydrogen-bond acceptors (Lipinski definition) is 3. The number of rotatable bonds is 7. The lowest BCUT2D eigenvalue weighted by molar-refractivity contribution is -0.126. The molecular formula is C24H32N2O3S. The van der Waals surface area contributed by atoms with Crippen LogP contribution in [0.3, 0.4) is 0 Å². The largest absolute Gasteiger partial charge is 0.353 e.